The van der Waals surface area contributed by atoms with Gasteiger partial charge in [-0.15, -0.1) is 0 Å². The van der Waals surface area contributed by atoms with E-state index in [0.717, 1.165) is 29.9 Å². The summed E-state index contributed by atoms with van der Waals surface area (Å²) in [6.45, 7) is 6.05. The summed E-state index contributed by atoms with van der Waals surface area (Å²) in [5.74, 6) is -1.36. The Balaban J connectivity index is 1.85. The number of Topliss-reactive ketones (excluding diaryl/α,β-unsaturated/α-hetero) is 1. The first-order chi connectivity index (χ1) is 17.4. The van der Waals surface area contributed by atoms with Gasteiger partial charge in [-0.1, -0.05) is 29.8 Å². The third-order valence-electron chi connectivity index (χ3n) is 6.38. The van der Waals surface area contributed by atoms with Gasteiger partial charge in [0.05, 0.1) is 23.7 Å². The molecule has 0 saturated carbocycles. The van der Waals surface area contributed by atoms with Crippen LogP contribution in [0.4, 0.5) is 5.69 Å². The fourth-order valence-corrected chi connectivity index (χ4v) is 4.69. The molecule has 0 spiro atoms. The normalized spacial score (nSPS) is 16.9. The number of rotatable bonds is 8. The minimum absolute atomic E-state index is 0.0175. The number of likely N-dealkylation sites (tertiary alicyclic amines) is 1. The molecule has 36 heavy (non-hydrogen) atoms. The monoisotopic (exact) mass is 505 g/mol. The first-order valence-electron chi connectivity index (χ1n) is 11.8. The Labute approximate surface area is 215 Å². The van der Waals surface area contributed by atoms with Crippen LogP contribution < -0.4 is 9.64 Å². The lowest BCUT2D eigenvalue weighted by Crippen LogP contribution is -2.29. The molecular weight excluding hydrogens is 478 g/mol. The van der Waals surface area contributed by atoms with Crippen molar-refractivity contribution in [2.45, 2.75) is 26.4 Å². The summed E-state index contributed by atoms with van der Waals surface area (Å²) in [6, 6.07) is 15.3. The van der Waals surface area contributed by atoms with Crippen LogP contribution in [0.3, 0.4) is 0 Å². The molecule has 2 heterocycles. The van der Waals surface area contributed by atoms with Crippen molar-refractivity contribution in [1.29, 1.82) is 0 Å². The smallest absolute Gasteiger partial charge is 0.295 e. The highest BCUT2D eigenvalue weighted by atomic mass is 35.5. The molecule has 8 heteroatoms. The van der Waals surface area contributed by atoms with Gasteiger partial charge in [-0.25, -0.2) is 0 Å². The minimum atomic E-state index is -0.780. The van der Waals surface area contributed by atoms with Crippen molar-refractivity contribution in [3.8, 4) is 5.75 Å². The van der Waals surface area contributed by atoms with Crippen LogP contribution in [-0.4, -0.2) is 46.9 Å². The Morgan fingerprint density at radius 1 is 1.11 bits per heavy atom. The molecule has 1 unspecified atom stereocenters. The number of carbonyl (C=O) groups is 2. The number of ether oxygens (including phenoxy) is 1. The molecule has 1 N–H and O–H groups in total. The van der Waals surface area contributed by atoms with Crippen LogP contribution in [0.15, 0.2) is 72.6 Å². The van der Waals surface area contributed by atoms with Gasteiger partial charge in [0, 0.05) is 43.3 Å². The number of aliphatic hydroxyl groups is 1. The van der Waals surface area contributed by atoms with Gasteiger partial charge >= 0.3 is 0 Å². The molecule has 2 aromatic carbocycles. The van der Waals surface area contributed by atoms with Gasteiger partial charge in [0.2, 0.25) is 0 Å². The molecule has 0 radical (unpaired) electrons. The number of hydrogen-bond donors (Lipinski definition) is 1. The molecule has 0 bridgehead atoms. The van der Waals surface area contributed by atoms with Crippen LogP contribution in [0, 0.1) is 0 Å². The summed E-state index contributed by atoms with van der Waals surface area (Å²) in [5.41, 5.74) is 2.88. The third-order valence-corrected chi connectivity index (χ3v) is 6.69. The van der Waals surface area contributed by atoms with Crippen molar-refractivity contribution in [2.24, 2.45) is 0 Å². The number of ketones is 1. The van der Waals surface area contributed by atoms with E-state index in [1.807, 2.05) is 30.3 Å². The molecule has 3 aromatic rings. The SMILES string of the molecule is CCN(CC)c1ccc(C2/C(=C(/O)c3ccc(Cl)c(OC)c3)C(=O)C(=O)N2Cc2cccnc2)cc1. The quantitative estimate of drug-likeness (QED) is 0.257. The van der Waals surface area contributed by atoms with Crippen molar-refractivity contribution in [1.82, 2.24) is 9.88 Å². The van der Waals surface area contributed by atoms with Crippen LogP contribution in [0.5, 0.6) is 5.75 Å². The largest absolute Gasteiger partial charge is 0.507 e. The molecule has 7 nitrogen and oxygen atoms in total. The maximum absolute atomic E-state index is 13.3. The number of carbonyl (C=O) groups excluding carboxylic acids is 2. The number of aliphatic hydroxyl groups excluding tert-OH is 1. The van der Waals surface area contributed by atoms with Crippen molar-refractivity contribution in [2.75, 3.05) is 25.1 Å². The number of aromatic nitrogens is 1. The number of anilines is 1. The number of pyridine rings is 1. The lowest BCUT2D eigenvalue weighted by molar-refractivity contribution is -0.140. The maximum Gasteiger partial charge on any atom is 0.295 e. The number of amides is 1. The Morgan fingerprint density at radius 2 is 1.83 bits per heavy atom. The Kier molecular flexibility index (Phi) is 7.60. The molecule has 4 rings (SSSR count). The average Bonchev–Trinajstić information content (AvgIpc) is 3.15. The van der Waals surface area contributed by atoms with Gasteiger partial charge in [-0.3, -0.25) is 14.6 Å². The van der Waals surface area contributed by atoms with Crippen LogP contribution in [0.25, 0.3) is 5.76 Å². The molecule has 1 fully saturated rings. The van der Waals surface area contributed by atoms with Crippen LogP contribution in [0.1, 0.15) is 36.6 Å². The Morgan fingerprint density at radius 3 is 2.44 bits per heavy atom. The molecule has 1 amide bonds. The van der Waals surface area contributed by atoms with E-state index in [-0.39, 0.29) is 17.9 Å². The van der Waals surface area contributed by atoms with Crippen molar-refractivity contribution >= 4 is 34.7 Å². The predicted molar refractivity (Wildman–Crippen MR) is 140 cm³/mol. The number of hydrogen-bond acceptors (Lipinski definition) is 6. The second-order valence-electron chi connectivity index (χ2n) is 8.40. The third kappa shape index (κ3) is 4.79. The van der Waals surface area contributed by atoms with Gasteiger partial charge in [0.15, 0.2) is 0 Å². The fourth-order valence-electron chi connectivity index (χ4n) is 4.50. The summed E-state index contributed by atoms with van der Waals surface area (Å²) in [7, 11) is 1.47. The number of methoxy groups -OCH3 is 1. The van der Waals surface area contributed by atoms with E-state index >= 15 is 0 Å². The zero-order valence-corrected chi connectivity index (χ0v) is 21.2. The molecule has 186 valence electrons. The highest BCUT2D eigenvalue weighted by Crippen LogP contribution is 2.41. The van der Waals surface area contributed by atoms with Gasteiger partial charge in [0.25, 0.3) is 11.7 Å². The molecule has 1 aliphatic heterocycles. The standard InChI is InChI=1S/C28H28ClN3O4/c1-4-31(5-2)21-11-8-19(9-12-21)25-24(26(33)20-10-13-22(29)23(15-20)36-3)27(34)28(35)32(25)17-18-7-6-14-30-16-18/h6-16,25,33H,4-5,17H2,1-3H3/b26-24-. The minimum Gasteiger partial charge on any atom is -0.507 e. The van der Waals surface area contributed by atoms with E-state index in [4.69, 9.17) is 16.3 Å². The van der Waals surface area contributed by atoms with Crippen LogP contribution >= 0.6 is 11.6 Å². The van der Waals surface area contributed by atoms with Crippen molar-refractivity contribution < 1.29 is 19.4 Å². The van der Waals surface area contributed by atoms with Crippen molar-refractivity contribution in [3.05, 3.63) is 94.3 Å². The average molecular weight is 506 g/mol. The van der Waals surface area contributed by atoms with E-state index in [1.165, 1.54) is 12.0 Å². The summed E-state index contributed by atoms with van der Waals surface area (Å²) in [5, 5.41) is 11.7. The van der Waals surface area contributed by atoms with Crippen molar-refractivity contribution in [3.63, 3.8) is 0 Å². The molecule has 1 atom stereocenters. The summed E-state index contributed by atoms with van der Waals surface area (Å²) >= 11 is 6.15. The molecular formula is C28H28ClN3O4. The van der Waals surface area contributed by atoms with Crippen LogP contribution in [-0.2, 0) is 16.1 Å². The van der Waals surface area contributed by atoms with Gasteiger partial charge < -0.3 is 19.6 Å². The summed E-state index contributed by atoms with van der Waals surface area (Å²) in [4.78, 5) is 34.4. The second-order valence-corrected chi connectivity index (χ2v) is 8.81. The molecule has 0 aliphatic carbocycles. The van der Waals surface area contributed by atoms with Gasteiger partial charge in [-0.2, -0.15) is 0 Å². The zero-order valence-electron chi connectivity index (χ0n) is 20.4. The van der Waals surface area contributed by atoms with Gasteiger partial charge in [-0.05, 0) is 61.4 Å². The molecule has 1 saturated heterocycles. The second kappa shape index (κ2) is 10.8. The lowest BCUT2D eigenvalue weighted by Gasteiger charge is -2.26. The first-order valence-corrected chi connectivity index (χ1v) is 12.1. The van der Waals surface area contributed by atoms with E-state index in [1.54, 1.807) is 36.7 Å². The number of halogens is 1. The topological polar surface area (TPSA) is 83.0 Å². The van der Waals surface area contributed by atoms with Crippen LogP contribution in [0.2, 0.25) is 5.02 Å². The zero-order chi connectivity index (χ0) is 25.8. The summed E-state index contributed by atoms with van der Waals surface area (Å²) in [6.07, 6.45) is 3.30. The number of nitrogens with zero attached hydrogens (tertiary/aromatic N) is 3. The highest BCUT2D eigenvalue weighted by Gasteiger charge is 2.46. The summed E-state index contributed by atoms with van der Waals surface area (Å²) < 4.78 is 5.28. The maximum atomic E-state index is 13.3. The van der Waals surface area contributed by atoms with E-state index in [0.29, 0.717) is 16.3 Å². The van der Waals surface area contributed by atoms with E-state index in [2.05, 4.69) is 23.7 Å². The Hall–Kier alpha value is -3.84. The Bertz CT molecular complexity index is 1290. The fraction of sp³-hybridized carbons (Fsp3) is 0.250. The van der Waals surface area contributed by atoms with E-state index < -0.39 is 17.7 Å². The molecule has 1 aliphatic rings. The lowest BCUT2D eigenvalue weighted by atomic mass is 9.95. The van der Waals surface area contributed by atoms with E-state index in [9.17, 15) is 14.7 Å². The molecule has 1 aromatic heterocycles. The highest BCUT2D eigenvalue weighted by molar-refractivity contribution is 6.46. The number of benzene rings is 2. The first kappa shape index (κ1) is 25.3. The predicted octanol–water partition coefficient (Wildman–Crippen LogP) is 5.21. The van der Waals surface area contributed by atoms with Gasteiger partial charge in [0.1, 0.15) is 11.5 Å².